The second kappa shape index (κ2) is 12.2. The molecule has 3 atom stereocenters. The summed E-state index contributed by atoms with van der Waals surface area (Å²) < 4.78 is 28.2. The number of ketones is 1. The van der Waals surface area contributed by atoms with E-state index >= 15 is 0 Å². The maximum absolute atomic E-state index is 11.2. The number of phosphoric ester groups is 2. The van der Waals surface area contributed by atoms with Crippen molar-refractivity contribution < 1.29 is 57.9 Å². The van der Waals surface area contributed by atoms with Crippen molar-refractivity contribution in [3.8, 4) is 0 Å². The van der Waals surface area contributed by atoms with Crippen LogP contribution in [0.5, 0.6) is 0 Å². The van der Waals surface area contributed by atoms with Gasteiger partial charge in [0.2, 0.25) is 0 Å². The summed E-state index contributed by atoms with van der Waals surface area (Å²) >= 11 is 0. The smallest absolute Gasteiger partial charge is 0.388 e. The molecule has 0 aromatic rings. The minimum atomic E-state index is -4.95. The van der Waals surface area contributed by atoms with E-state index in [2.05, 4.69) is 9.05 Å². The van der Waals surface area contributed by atoms with Gasteiger partial charge in [0.15, 0.2) is 5.78 Å². The number of hydrogen-bond acceptors (Lipinski definition) is 8. The van der Waals surface area contributed by atoms with E-state index < -0.39 is 53.0 Å². The van der Waals surface area contributed by atoms with Gasteiger partial charge in [-0.05, 0) is 0 Å². The van der Waals surface area contributed by atoms with Crippen LogP contribution in [0.15, 0.2) is 0 Å². The van der Waals surface area contributed by atoms with Crippen molar-refractivity contribution in [1.82, 2.24) is 0 Å². The molecule has 122 valence electrons. The fourth-order valence-electron chi connectivity index (χ4n) is 0.906. The topological polar surface area (TPSA) is 211 Å². The SMILES string of the molecule is O=C(COP(=O)(O)O)[C@@H](O)[C@H](O)[C@H](O)COP(=O)(O)O.[Na].[Na]. The van der Waals surface area contributed by atoms with Gasteiger partial charge >= 0.3 is 15.6 Å². The molecule has 0 aliphatic carbocycles. The molecule has 0 amide bonds. The number of carbonyl (C=O) groups excluding carboxylic acids is 1. The molecule has 0 saturated heterocycles. The Morgan fingerprint density at radius 3 is 1.68 bits per heavy atom. The summed E-state index contributed by atoms with van der Waals surface area (Å²) in [6.07, 6.45) is -6.53. The van der Waals surface area contributed by atoms with Gasteiger partial charge < -0.3 is 34.9 Å². The van der Waals surface area contributed by atoms with E-state index in [9.17, 15) is 29.2 Å². The number of aliphatic hydroxyl groups is 3. The summed E-state index contributed by atoms with van der Waals surface area (Å²) in [5.41, 5.74) is 0. The zero-order chi connectivity index (χ0) is 16.1. The predicted octanol–water partition coefficient (Wildman–Crippen LogP) is -3.90. The fourth-order valence-corrected chi connectivity index (χ4v) is 1.55. The molecule has 0 aliphatic rings. The molecule has 0 rings (SSSR count). The molecule has 7 N–H and O–H groups in total. The summed E-state index contributed by atoms with van der Waals surface area (Å²) in [5.74, 6) is -1.36. The molecule has 12 nitrogen and oxygen atoms in total. The number of phosphoric acid groups is 2. The van der Waals surface area contributed by atoms with Gasteiger partial charge in [-0.15, -0.1) is 0 Å². The third kappa shape index (κ3) is 14.1. The maximum atomic E-state index is 11.2. The Morgan fingerprint density at radius 1 is 0.909 bits per heavy atom. The van der Waals surface area contributed by atoms with Crippen molar-refractivity contribution in [3.05, 3.63) is 0 Å². The van der Waals surface area contributed by atoms with Crippen molar-refractivity contribution in [3.63, 3.8) is 0 Å². The maximum Gasteiger partial charge on any atom is 0.470 e. The molecule has 0 fully saturated rings. The quantitative estimate of drug-likeness (QED) is 0.150. The van der Waals surface area contributed by atoms with Crippen molar-refractivity contribution in [2.45, 2.75) is 18.3 Å². The summed E-state index contributed by atoms with van der Waals surface area (Å²) in [6, 6.07) is 0. The van der Waals surface area contributed by atoms with E-state index in [1.54, 1.807) is 0 Å². The molecule has 0 aromatic carbocycles. The van der Waals surface area contributed by atoms with Gasteiger partial charge in [-0.1, -0.05) is 0 Å². The van der Waals surface area contributed by atoms with Crippen LogP contribution in [-0.2, 0) is 23.0 Å². The van der Waals surface area contributed by atoms with Crippen molar-refractivity contribution in [1.29, 1.82) is 0 Å². The first kappa shape index (κ1) is 28.6. The molecule has 0 aromatic heterocycles. The number of carbonyl (C=O) groups is 1. The van der Waals surface area contributed by atoms with Gasteiger partial charge in [0.1, 0.15) is 24.9 Å². The monoisotopic (exact) mass is 386 g/mol. The average Bonchev–Trinajstić information content (AvgIpc) is 2.29. The van der Waals surface area contributed by atoms with E-state index in [4.69, 9.17) is 19.6 Å². The van der Waals surface area contributed by atoms with Crippen molar-refractivity contribution >= 4 is 80.5 Å². The summed E-state index contributed by atoms with van der Waals surface area (Å²) in [4.78, 5) is 44.4. The zero-order valence-corrected chi connectivity index (χ0v) is 17.5. The van der Waals surface area contributed by atoms with Gasteiger partial charge in [-0.2, -0.15) is 0 Å². The Hall–Kier alpha value is 1.77. The largest absolute Gasteiger partial charge is 0.470 e. The first-order valence-corrected chi connectivity index (χ1v) is 7.86. The molecule has 0 spiro atoms. The average molecular weight is 386 g/mol. The molecule has 2 radical (unpaired) electrons. The Labute approximate surface area is 168 Å². The van der Waals surface area contributed by atoms with Crippen LogP contribution in [0.1, 0.15) is 0 Å². The second-order valence-electron chi connectivity index (χ2n) is 3.52. The van der Waals surface area contributed by atoms with Crippen LogP contribution in [0.25, 0.3) is 0 Å². The zero-order valence-electron chi connectivity index (χ0n) is 11.7. The number of Topliss-reactive ketones (excluding diaryl/α,β-unsaturated/α-hetero) is 1. The van der Waals surface area contributed by atoms with Crippen LogP contribution >= 0.6 is 15.6 Å². The minimum Gasteiger partial charge on any atom is -0.388 e. The summed E-state index contributed by atoms with van der Waals surface area (Å²) in [6.45, 7) is -2.33. The minimum absolute atomic E-state index is 0. The van der Waals surface area contributed by atoms with Crippen LogP contribution in [0.2, 0.25) is 0 Å². The van der Waals surface area contributed by atoms with Crippen LogP contribution in [0, 0.1) is 0 Å². The van der Waals surface area contributed by atoms with Crippen molar-refractivity contribution in [2.24, 2.45) is 0 Å². The molecular weight excluding hydrogens is 372 g/mol. The first-order valence-electron chi connectivity index (χ1n) is 4.80. The van der Waals surface area contributed by atoms with Gasteiger partial charge in [-0.3, -0.25) is 13.8 Å². The molecule has 0 unspecified atom stereocenters. The third-order valence-electron chi connectivity index (χ3n) is 1.84. The van der Waals surface area contributed by atoms with Crippen molar-refractivity contribution in [2.75, 3.05) is 13.2 Å². The third-order valence-corrected chi connectivity index (χ3v) is 2.79. The van der Waals surface area contributed by atoms with E-state index in [0.29, 0.717) is 0 Å². The van der Waals surface area contributed by atoms with Gasteiger partial charge in [0.25, 0.3) is 0 Å². The molecule has 0 bridgehead atoms. The molecule has 0 heterocycles. The molecule has 0 aliphatic heterocycles. The summed E-state index contributed by atoms with van der Waals surface area (Å²) in [5, 5.41) is 27.7. The number of rotatable bonds is 9. The van der Waals surface area contributed by atoms with Crippen LogP contribution in [-0.4, -0.2) is 131 Å². The summed E-state index contributed by atoms with van der Waals surface area (Å²) in [7, 11) is -9.87. The fraction of sp³-hybridized carbons (Fsp3) is 0.833. The van der Waals surface area contributed by atoms with Gasteiger partial charge in [0.05, 0.1) is 6.61 Å². The normalized spacial score (nSPS) is 16.0. The first-order chi connectivity index (χ1) is 8.83. The van der Waals surface area contributed by atoms with Gasteiger partial charge in [0, 0.05) is 59.1 Å². The van der Waals surface area contributed by atoms with Crippen LogP contribution < -0.4 is 0 Å². The predicted molar refractivity (Wildman–Crippen MR) is 70.5 cm³/mol. The molecule has 0 saturated carbocycles. The Bertz CT molecular complexity index is 420. The molecular formula is C6H14Na2O12P2. The number of hydrogen-bond donors (Lipinski definition) is 7. The van der Waals surface area contributed by atoms with E-state index in [-0.39, 0.29) is 59.1 Å². The molecule has 16 heteroatoms. The molecule has 22 heavy (non-hydrogen) atoms. The number of aliphatic hydroxyl groups excluding tert-OH is 3. The van der Waals surface area contributed by atoms with E-state index in [0.717, 1.165) is 0 Å². The Balaban J connectivity index is -0.00000180. The van der Waals surface area contributed by atoms with Gasteiger partial charge in [-0.25, -0.2) is 9.13 Å². The Kier molecular flexibility index (Phi) is 15.8. The second-order valence-corrected chi connectivity index (χ2v) is 6.00. The van der Waals surface area contributed by atoms with Crippen LogP contribution in [0.4, 0.5) is 0 Å². The standard InChI is InChI=1S/C6H14O12P2.2Na/c7-3(1-17-19(11,12)13)5(9)6(10)4(8)2-18-20(14,15)16;;/h3,5-7,9-10H,1-2H2,(H2,11,12,13)(H2,14,15,16);;/t3-,5-,6-;;/m1../s1. The van der Waals surface area contributed by atoms with E-state index in [1.807, 2.05) is 0 Å². The van der Waals surface area contributed by atoms with E-state index in [1.165, 1.54) is 0 Å². The van der Waals surface area contributed by atoms with Crippen LogP contribution in [0.3, 0.4) is 0 Å². The Morgan fingerprint density at radius 2 is 1.32 bits per heavy atom.